The molecule has 3 atom stereocenters. The van der Waals surface area contributed by atoms with Crippen molar-refractivity contribution < 1.29 is 4.79 Å². The third-order valence-electron chi connectivity index (χ3n) is 4.12. The Hall–Kier alpha value is -0.610. The Bertz CT molecular complexity index is 270. The van der Waals surface area contributed by atoms with Gasteiger partial charge in [0.25, 0.3) is 0 Å². The molecule has 1 heterocycles. The summed E-state index contributed by atoms with van der Waals surface area (Å²) in [6, 6.07) is 0.917. The lowest BCUT2D eigenvalue weighted by atomic mass is 9.94. The number of likely N-dealkylation sites (tertiary alicyclic amines) is 1. The predicted octanol–water partition coefficient (Wildman–Crippen LogP) is 1.75. The van der Waals surface area contributed by atoms with Crippen LogP contribution in [0.15, 0.2) is 0 Å². The molecule has 2 N–H and O–H groups in total. The molecule has 1 aliphatic rings. The fourth-order valence-electron chi connectivity index (χ4n) is 3.00. The molecule has 112 valence electrons. The average Bonchev–Trinajstić information content (AvgIpc) is 2.44. The molecule has 3 unspecified atom stereocenters. The highest BCUT2D eigenvalue weighted by Crippen LogP contribution is 2.22. The lowest BCUT2D eigenvalue weighted by molar-refractivity contribution is -0.127. The predicted molar refractivity (Wildman–Crippen MR) is 80.2 cm³/mol. The summed E-state index contributed by atoms with van der Waals surface area (Å²) in [6.45, 7) is 11.3. The Morgan fingerprint density at radius 2 is 2.05 bits per heavy atom. The Morgan fingerprint density at radius 3 is 2.68 bits per heavy atom. The SMILES string of the molecule is CCCNC(=O)C(C)N1CCCCC1C(C)NCC. The molecule has 1 aliphatic heterocycles. The zero-order chi connectivity index (χ0) is 14.3. The third-order valence-corrected chi connectivity index (χ3v) is 4.12. The molecule has 0 spiro atoms. The number of nitrogens with zero attached hydrogens (tertiary/aromatic N) is 1. The van der Waals surface area contributed by atoms with Crippen LogP contribution in [-0.2, 0) is 4.79 Å². The van der Waals surface area contributed by atoms with Crippen molar-refractivity contribution in [3.8, 4) is 0 Å². The molecule has 0 aromatic heterocycles. The molecule has 19 heavy (non-hydrogen) atoms. The second-order valence-electron chi connectivity index (χ2n) is 5.61. The summed E-state index contributed by atoms with van der Waals surface area (Å²) in [7, 11) is 0. The maximum atomic E-state index is 12.2. The van der Waals surface area contributed by atoms with Crippen molar-refractivity contribution in [1.82, 2.24) is 15.5 Å². The van der Waals surface area contributed by atoms with E-state index in [-0.39, 0.29) is 11.9 Å². The summed E-state index contributed by atoms with van der Waals surface area (Å²) >= 11 is 0. The molecular weight excluding hydrogens is 238 g/mol. The fourth-order valence-corrected chi connectivity index (χ4v) is 3.00. The number of amides is 1. The van der Waals surface area contributed by atoms with E-state index >= 15 is 0 Å². The monoisotopic (exact) mass is 269 g/mol. The Balaban J connectivity index is 2.62. The van der Waals surface area contributed by atoms with Crippen LogP contribution in [0.1, 0.15) is 53.4 Å². The van der Waals surface area contributed by atoms with E-state index in [1.807, 2.05) is 6.92 Å². The van der Waals surface area contributed by atoms with Gasteiger partial charge in [-0.3, -0.25) is 9.69 Å². The number of hydrogen-bond acceptors (Lipinski definition) is 3. The second-order valence-corrected chi connectivity index (χ2v) is 5.61. The van der Waals surface area contributed by atoms with Gasteiger partial charge in [0, 0.05) is 18.6 Å². The van der Waals surface area contributed by atoms with E-state index in [0.29, 0.717) is 12.1 Å². The van der Waals surface area contributed by atoms with Crippen molar-refractivity contribution in [3.05, 3.63) is 0 Å². The van der Waals surface area contributed by atoms with Crippen LogP contribution in [-0.4, -0.2) is 48.6 Å². The average molecular weight is 269 g/mol. The molecule has 0 aromatic rings. The van der Waals surface area contributed by atoms with Gasteiger partial charge < -0.3 is 10.6 Å². The molecule has 1 saturated heterocycles. The number of nitrogens with one attached hydrogen (secondary N) is 2. The van der Waals surface area contributed by atoms with Crippen molar-refractivity contribution in [2.75, 3.05) is 19.6 Å². The highest BCUT2D eigenvalue weighted by atomic mass is 16.2. The van der Waals surface area contributed by atoms with Gasteiger partial charge in [0.1, 0.15) is 0 Å². The number of carbonyl (C=O) groups is 1. The normalized spacial score (nSPS) is 23.9. The second kappa shape index (κ2) is 8.54. The minimum atomic E-state index is -0.0158. The molecule has 4 heteroatoms. The summed E-state index contributed by atoms with van der Waals surface area (Å²) in [5.74, 6) is 0.178. The molecular formula is C15H31N3O. The molecule has 0 radical (unpaired) electrons. The van der Waals surface area contributed by atoms with Crippen molar-refractivity contribution >= 4 is 5.91 Å². The summed E-state index contributed by atoms with van der Waals surface area (Å²) in [6.07, 6.45) is 4.68. The van der Waals surface area contributed by atoms with Crippen molar-refractivity contribution in [1.29, 1.82) is 0 Å². The van der Waals surface area contributed by atoms with Gasteiger partial charge >= 0.3 is 0 Å². The maximum Gasteiger partial charge on any atom is 0.237 e. The molecule has 1 fully saturated rings. The molecule has 1 rings (SSSR count). The largest absolute Gasteiger partial charge is 0.355 e. The van der Waals surface area contributed by atoms with Crippen LogP contribution in [0.3, 0.4) is 0 Å². The molecule has 1 amide bonds. The number of piperidine rings is 1. The number of rotatable bonds is 7. The zero-order valence-electron chi connectivity index (χ0n) is 13.0. The Kier molecular flexibility index (Phi) is 7.39. The Morgan fingerprint density at radius 1 is 1.32 bits per heavy atom. The topological polar surface area (TPSA) is 44.4 Å². The molecule has 4 nitrogen and oxygen atoms in total. The van der Waals surface area contributed by atoms with E-state index < -0.39 is 0 Å². The number of likely N-dealkylation sites (N-methyl/N-ethyl adjacent to an activating group) is 1. The molecule has 0 aliphatic carbocycles. The molecule has 0 bridgehead atoms. The van der Waals surface area contributed by atoms with Gasteiger partial charge in [0.15, 0.2) is 0 Å². The third kappa shape index (κ3) is 4.77. The van der Waals surface area contributed by atoms with E-state index in [1.54, 1.807) is 0 Å². The van der Waals surface area contributed by atoms with Gasteiger partial charge in [0.2, 0.25) is 5.91 Å². The first kappa shape index (κ1) is 16.4. The lowest BCUT2D eigenvalue weighted by Gasteiger charge is -2.42. The van der Waals surface area contributed by atoms with Gasteiger partial charge in [-0.05, 0) is 46.2 Å². The van der Waals surface area contributed by atoms with Crippen LogP contribution >= 0.6 is 0 Å². The first-order valence-corrected chi connectivity index (χ1v) is 7.88. The number of carbonyl (C=O) groups excluding carboxylic acids is 1. The summed E-state index contributed by atoms with van der Waals surface area (Å²) in [5.41, 5.74) is 0. The van der Waals surface area contributed by atoms with Crippen LogP contribution in [0.2, 0.25) is 0 Å². The standard InChI is InChI=1S/C15H31N3O/c1-5-10-17-15(19)13(4)18-11-8-7-9-14(18)12(3)16-6-2/h12-14,16H,5-11H2,1-4H3,(H,17,19). The highest BCUT2D eigenvalue weighted by Gasteiger charge is 2.32. The van der Waals surface area contributed by atoms with Gasteiger partial charge in [-0.15, -0.1) is 0 Å². The lowest BCUT2D eigenvalue weighted by Crippen LogP contribution is -2.57. The van der Waals surface area contributed by atoms with Crippen molar-refractivity contribution in [2.24, 2.45) is 0 Å². The van der Waals surface area contributed by atoms with Crippen LogP contribution < -0.4 is 10.6 Å². The summed E-state index contributed by atoms with van der Waals surface area (Å²) in [5, 5.41) is 6.53. The van der Waals surface area contributed by atoms with E-state index in [0.717, 1.165) is 26.1 Å². The van der Waals surface area contributed by atoms with E-state index in [4.69, 9.17) is 0 Å². The van der Waals surface area contributed by atoms with E-state index in [9.17, 15) is 4.79 Å². The Labute approximate surface area is 118 Å². The number of hydrogen-bond donors (Lipinski definition) is 2. The van der Waals surface area contributed by atoms with Gasteiger partial charge in [-0.1, -0.05) is 20.3 Å². The quantitative estimate of drug-likeness (QED) is 0.740. The summed E-state index contributed by atoms with van der Waals surface area (Å²) < 4.78 is 0. The highest BCUT2D eigenvalue weighted by molar-refractivity contribution is 5.81. The minimum Gasteiger partial charge on any atom is -0.355 e. The molecule has 0 aromatic carbocycles. The van der Waals surface area contributed by atoms with Crippen molar-refractivity contribution in [3.63, 3.8) is 0 Å². The summed E-state index contributed by atoms with van der Waals surface area (Å²) in [4.78, 5) is 14.5. The van der Waals surface area contributed by atoms with Crippen LogP contribution in [0.5, 0.6) is 0 Å². The van der Waals surface area contributed by atoms with Crippen LogP contribution in [0, 0.1) is 0 Å². The van der Waals surface area contributed by atoms with Crippen molar-refractivity contribution in [2.45, 2.75) is 71.5 Å². The first-order valence-electron chi connectivity index (χ1n) is 7.88. The zero-order valence-corrected chi connectivity index (χ0v) is 13.0. The van der Waals surface area contributed by atoms with Crippen LogP contribution in [0.25, 0.3) is 0 Å². The fraction of sp³-hybridized carbons (Fsp3) is 0.933. The molecule has 0 saturated carbocycles. The van der Waals surface area contributed by atoms with E-state index in [1.165, 1.54) is 19.3 Å². The first-order chi connectivity index (χ1) is 9.11. The van der Waals surface area contributed by atoms with Gasteiger partial charge in [-0.2, -0.15) is 0 Å². The van der Waals surface area contributed by atoms with Gasteiger partial charge in [-0.25, -0.2) is 0 Å². The minimum absolute atomic E-state index is 0.0158. The smallest absolute Gasteiger partial charge is 0.237 e. The van der Waals surface area contributed by atoms with Crippen LogP contribution in [0.4, 0.5) is 0 Å². The van der Waals surface area contributed by atoms with Gasteiger partial charge in [0.05, 0.1) is 6.04 Å². The van der Waals surface area contributed by atoms with E-state index in [2.05, 4.69) is 36.3 Å². The maximum absolute atomic E-state index is 12.2.